The second-order valence-electron chi connectivity index (χ2n) is 0.673. The molecule has 0 aliphatic heterocycles. The summed E-state index contributed by atoms with van der Waals surface area (Å²) in [4.78, 5) is 0. The minimum absolute atomic E-state index is 0.980. The van der Waals surface area contributed by atoms with E-state index < -0.39 is 11.4 Å². The van der Waals surface area contributed by atoms with Crippen LogP contribution in [0.3, 0.4) is 0 Å². The zero-order valence-corrected chi connectivity index (χ0v) is 6.67. The molecule has 0 amide bonds. The Bertz CT molecular complexity index is 75.6. The van der Waals surface area contributed by atoms with Crippen LogP contribution in [0, 0.1) is 0 Å². The molecule has 0 aliphatic rings. The molecule has 0 radical (unpaired) electrons. The minimum atomic E-state index is -3.41. The molecule has 5 heteroatoms. The maximum atomic E-state index is 8.33. The molecular formula is CH5AsO2S2. The van der Waals surface area contributed by atoms with E-state index in [0.717, 1.165) is 10.0 Å². The van der Waals surface area contributed by atoms with Crippen LogP contribution in [-0.4, -0.2) is 25.9 Å². The number of hydrogen-bond acceptors (Lipinski definition) is 2. The van der Waals surface area contributed by atoms with Crippen LogP contribution in [0.4, 0.5) is 0 Å². The van der Waals surface area contributed by atoms with Gasteiger partial charge < -0.3 is 0 Å². The molecule has 0 atom stereocenters. The van der Waals surface area contributed by atoms with E-state index in [1.165, 1.54) is 0 Å². The topological polar surface area (TPSA) is 40.5 Å². The first-order valence-corrected chi connectivity index (χ1v) is 9.00. The van der Waals surface area contributed by atoms with Gasteiger partial charge in [0.1, 0.15) is 0 Å². The third-order valence-corrected chi connectivity index (χ3v) is 6.03. The molecule has 2 N–H and O–H groups in total. The van der Waals surface area contributed by atoms with Crippen molar-refractivity contribution in [2.45, 2.75) is 0 Å². The molecule has 0 heterocycles. The van der Waals surface area contributed by atoms with Crippen LogP contribution in [0.15, 0.2) is 0 Å². The molecule has 0 aromatic carbocycles. The van der Waals surface area contributed by atoms with E-state index >= 15 is 0 Å². The predicted octanol–water partition coefficient (Wildman–Crippen LogP) is -0.0329. The van der Waals surface area contributed by atoms with Crippen molar-refractivity contribution >= 4 is 31.8 Å². The van der Waals surface area contributed by atoms with Gasteiger partial charge in [0.2, 0.25) is 0 Å². The molecule has 2 nitrogen and oxygen atoms in total. The van der Waals surface area contributed by atoms with Crippen molar-refractivity contribution in [3.63, 3.8) is 0 Å². The summed E-state index contributed by atoms with van der Waals surface area (Å²) in [5.74, 6) is 0. The molecule has 0 saturated carbocycles. The van der Waals surface area contributed by atoms with E-state index in [1.807, 2.05) is 0 Å². The van der Waals surface area contributed by atoms with Crippen LogP contribution >= 0.6 is 20.4 Å². The van der Waals surface area contributed by atoms with Crippen LogP contribution in [0.2, 0.25) is 0 Å². The Morgan fingerprint density at radius 2 is 1.83 bits per heavy atom. The van der Waals surface area contributed by atoms with E-state index in [2.05, 4.69) is 10.4 Å². The average Bonchev–Trinajstić information content (AvgIpc) is 1.35. The van der Waals surface area contributed by atoms with Crippen LogP contribution in [-0.2, 0) is 0 Å². The molecule has 0 aromatic rings. The Morgan fingerprint density at radius 1 is 1.67 bits per heavy atom. The van der Waals surface area contributed by atoms with Gasteiger partial charge in [-0.15, -0.1) is 0 Å². The van der Waals surface area contributed by atoms with Gasteiger partial charge >= 0.3 is 46.3 Å². The molecular weight excluding hydrogens is 183 g/mol. The molecule has 0 bridgehead atoms. The van der Waals surface area contributed by atoms with E-state index in [-0.39, 0.29) is 0 Å². The molecule has 0 aliphatic carbocycles. The fourth-order valence-electron chi connectivity index (χ4n) is 0. The Morgan fingerprint density at radius 3 is 1.83 bits per heavy atom. The Labute approximate surface area is 46.5 Å². The van der Waals surface area contributed by atoms with Gasteiger partial charge in [-0.3, -0.25) is 0 Å². The molecule has 0 rings (SSSR count). The molecule has 0 unspecified atom stereocenters. The predicted molar refractivity (Wildman–Crippen MR) is 31.3 cm³/mol. The molecule has 0 saturated heterocycles. The van der Waals surface area contributed by atoms with Crippen LogP contribution in [0.1, 0.15) is 0 Å². The van der Waals surface area contributed by atoms with Gasteiger partial charge in [0, 0.05) is 0 Å². The zero-order valence-electron chi connectivity index (χ0n) is 3.16. The normalized spacial score (nSPS) is 11.8. The third kappa shape index (κ3) is 5.05. The molecule has 0 aromatic heterocycles. The Kier molecular flexibility index (Phi) is 2.80. The number of rotatable bonds is 1. The first-order valence-electron chi connectivity index (χ1n) is 1.17. The maximum absolute atomic E-state index is 8.33. The monoisotopic (exact) mass is 188 g/mol. The van der Waals surface area contributed by atoms with Gasteiger partial charge in [0.25, 0.3) is 0 Å². The van der Waals surface area contributed by atoms with E-state index in [1.54, 1.807) is 6.26 Å². The van der Waals surface area contributed by atoms with Crippen molar-refractivity contribution in [1.29, 1.82) is 0 Å². The van der Waals surface area contributed by atoms with Gasteiger partial charge in [0.05, 0.1) is 0 Å². The summed E-state index contributed by atoms with van der Waals surface area (Å²) in [7, 11) is 5.21. The van der Waals surface area contributed by atoms with Crippen molar-refractivity contribution < 1.29 is 8.19 Å². The fraction of sp³-hybridized carbons (Fsp3) is 1.00. The summed E-state index contributed by atoms with van der Waals surface area (Å²) in [5, 5.41) is 0. The summed E-state index contributed by atoms with van der Waals surface area (Å²) < 4.78 is 16.7. The SMILES string of the molecule is CS[As](O)(O)=S. The van der Waals surface area contributed by atoms with Crippen LogP contribution in [0.25, 0.3) is 0 Å². The van der Waals surface area contributed by atoms with Crippen LogP contribution in [0.5, 0.6) is 0 Å². The van der Waals surface area contributed by atoms with Crippen molar-refractivity contribution in [1.82, 2.24) is 0 Å². The summed E-state index contributed by atoms with van der Waals surface area (Å²) in [6.07, 6.45) is 1.60. The van der Waals surface area contributed by atoms with E-state index in [9.17, 15) is 0 Å². The Hall–Kier alpha value is 1.05. The van der Waals surface area contributed by atoms with Crippen molar-refractivity contribution in [2.24, 2.45) is 0 Å². The summed E-state index contributed by atoms with van der Waals surface area (Å²) >= 11 is -3.41. The van der Waals surface area contributed by atoms with Crippen molar-refractivity contribution in [2.75, 3.05) is 6.26 Å². The second-order valence-corrected chi connectivity index (χ2v) is 11.9. The molecule has 0 fully saturated rings. The molecule has 38 valence electrons. The first-order chi connectivity index (χ1) is 2.56. The second kappa shape index (κ2) is 2.38. The standard InChI is InChI=1S/CH5AsO2S2/c1-6-2(3,4)5/h1H3,(H2,3,4,5). The summed E-state index contributed by atoms with van der Waals surface area (Å²) in [6.45, 7) is 0. The third-order valence-electron chi connectivity index (χ3n) is 0.238. The van der Waals surface area contributed by atoms with Gasteiger partial charge in [-0.05, 0) is 0 Å². The average molecular weight is 188 g/mol. The van der Waals surface area contributed by atoms with Gasteiger partial charge in [-0.25, -0.2) is 0 Å². The summed E-state index contributed by atoms with van der Waals surface area (Å²) in [6, 6.07) is 0. The van der Waals surface area contributed by atoms with Crippen molar-refractivity contribution in [3.8, 4) is 0 Å². The zero-order chi connectivity index (χ0) is 5.21. The summed E-state index contributed by atoms with van der Waals surface area (Å²) in [5.41, 5.74) is 0. The van der Waals surface area contributed by atoms with Crippen molar-refractivity contribution in [3.05, 3.63) is 0 Å². The first kappa shape index (κ1) is 7.05. The number of hydrogen-bond donors (Lipinski definition) is 2. The quantitative estimate of drug-likeness (QED) is 0.567. The molecule has 6 heavy (non-hydrogen) atoms. The fourth-order valence-corrected chi connectivity index (χ4v) is 0. The van der Waals surface area contributed by atoms with Crippen LogP contribution < -0.4 is 0 Å². The van der Waals surface area contributed by atoms with E-state index in [4.69, 9.17) is 8.19 Å². The van der Waals surface area contributed by atoms with Gasteiger partial charge in [0.15, 0.2) is 0 Å². The molecule has 0 spiro atoms. The Balaban J connectivity index is 3.48. The van der Waals surface area contributed by atoms with Gasteiger partial charge in [-0.2, -0.15) is 0 Å². The van der Waals surface area contributed by atoms with Gasteiger partial charge in [-0.1, -0.05) is 0 Å². The van der Waals surface area contributed by atoms with E-state index in [0.29, 0.717) is 0 Å².